The number of carbonyl (C=O) groups excluding carboxylic acids is 1. The van der Waals surface area contributed by atoms with E-state index < -0.39 is 0 Å². The van der Waals surface area contributed by atoms with Gasteiger partial charge in [-0.3, -0.25) is 9.69 Å². The number of nitrogens with zero attached hydrogens (tertiary/aromatic N) is 1. The van der Waals surface area contributed by atoms with Crippen molar-refractivity contribution in [1.29, 1.82) is 0 Å². The minimum atomic E-state index is 0.140. The molecule has 3 aliphatic rings. The van der Waals surface area contributed by atoms with E-state index in [-0.39, 0.29) is 11.9 Å². The van der Waals surface area contributed by atoms with E-state index in [1.54, 1.807) is 0 Å². The maximum absolute atomic E-state index is 12.2. The van der Waals surface area contributed by atoms with Gasteiger partial charge in [0.15, 0.2) is 0 Å². The fourth-order valence-corrected chi connectivity index (χ4v) is 4.00. The largest absolute Gasteiger partial charge is 0.494 e. The van der Waals surface area contributed by atoms with Crippen molar-refractivity contribution in [2.45, 2.75) is 50.3 Å². The molecular formula is C20H28N2O3. The number of amides is 1. The summed E-state index contributed by atoms with van der Waals surface area (Å²) in [5.41, 5.74) is 0. The van der Waals surface area contributed by atoms with Crippen LogP contribution >= 0.6 is 0 Å². The summed E-state index contributed by atoms with van der Waals surface area (Å²) < 4.78 is 11.7. The lowest BCUT2D eigenvalue weighted by Gasteiger charge is -2.35. The Labute approximate surface area is 149 Å². The highest BCUT2D eigenvalue weighted by molar-refractivity contribution is 5.76. The molecule has 3 atom stereocenters. The predicted octanol–water partition coefficient (Wildman–Crippen LogP) is 2.21. The molecule has 136 valence electrons. The van der Waals surface area contributed by atoms with Gasteiger partial charge in [-0.25, -0.2) is 0 Å². The molecule has 0 unspecified atom stereocenters. The molecule has 2 aliphatic heterocycles. The average Bonchev–Trinajstić information content (AvgIpc) is 3.40. The first-order valence-corrected chi connectivity index (χ1v) is 9.61. The lowest BCUT2D eigenvalue weighted by molar-refractivity contribution is -0.121. The highest BCUT2D eigenvalue weighted by Crippen LogP contribution is 2.37. The molecule has 1 aromatic carbocycles. The zero-order valence-electron chi connectivity index (χ0n) is 14.7. The molecule has 5 heteroatoms. The third kappa shape index (κ3) is 4.53. The number of benzene rings is 1. The first-order valence-electron chi connectivity index (χ1n) is 9.61. The van der Waals surface area contributed by atoms with Gasteiger partial charge in [-0.15, -0.1) is 0 Å². The summed E-state index contributed by atoms with van der Waals surface area (Å²) in [7, 11) is 0. The Balaban J connectivity index is 1.14. The molecule has 3 fully saturated rings. The minimum Gasteiger partial charge on any atom is -0.494 e. The highest BCUT2D eigenvalue weighted by atomic mass is 16.5. The van der Waals surface area contributed by atoms with E-state index >= 15 is 0 Å². The SMILES string of the molecule is O=C(CCCOc1ccccc1)N[C@@H]1C[C@H]2CO[C@H](C3CC3)CN2C1. The molecule has 1 amide bonds. The Morgan fingerprint density at radius 1 is 1.24 bits per heavy atom. The molecule has 1 N–H and O–H groups in total. The van der Waals surface area contributed by atoms with E-state index in [1.165, 1.54) is 12.8 Å². The summed E-state index contributed by atoms with van der Waals surface area (Å²) in [6, 6.07) is 10.5. The minimum absolute atomic E-state index is 0.140. The van der Waals surface area contributed by atoms with Gasteiger partial charge in [-0.2, -0.15) is 0 Å². The number of rotatable bonds is 7. The van der Waals surface area contributed by atoms with Crippen molar-refractivity contribution in [2.24, 2.45) is 5.92 Å². The van der Waals surface area contributed by atoms with Gasteiger partial charge >= 0.3 is 0 Å². The van der Waals surface area contributed by atoms with Gasteiger partial charge in [0.25, 0.3) is 0 Å². The van der Waals surface area contributed by atoms with E-state index in [2.05, 4.69) is 10.2 Å². The standard InChI is InChI=1S/C20H28N2O3/c23-20(7-4-10-24-18-5-2-1-3-6-18)21-16-11-17-14-25-19(15-8-9-15)13-22(17)12-16/h1-3,5-6,15-17,19H,4,7-14H2,(H,21,23)/t16-,17+,19+/m1/s1. The molecular weight excluding hydrogens is 316 g/mol. The average molecular weight is 344 g/mol. The molecule has 2 saturated heterocycles. The molecule has 0 radical (unpaired) electrons. The first kappa shape index (κ1) is 16.9. The van der Waals surface area contributed by atoms with Crippen LogP contribution in [-0.2, 0) is 9.53 Å². The smallest absolute Gasteiger partial charge is 0.220 e. The van der Waals surface area contributed by atoms with Crippen molar-refractivity contribution in [3.05, 3.63) is 30.3 Å². The maximum atomic E-state index is 12.2. The van der Waals surface area contributed by atoms with Crippen LogP contribution in [0.4, 0.5) is 0 Å². The number of carbonyl (C=O) groups is 1. The monoisotopic (exact) mass is 344 g/mol. The van der Waals surface area contributed by atoms with Crippen LogP contribution < -0.4 is 10.1 Å². The van der Waals surface area contributed by atoms with Gasteiger partial charge in [0.2, 0.25) is 5.91 Å². The van der Waals surface area contributed by atoms with Gasteiger partial charge in [-0.1, -0.05) is 18.2 Å². The van der Waals surface area contributed by atoms with Crippen LogP contribution in [0.2, 0.25) is 0 Å². The molecule has 0 aromatic heterocycles. The van der Waals surface area contributed by atoms with Crippen LogP contribution in [0.5, 0.6) is 5.75 Å². The lowest BCUT2D eigenvalue weighted by Crippen LogP contribution is -2.47. The van der Waals surface area contributed by atoms with Crippen molar-refractivity contribution < 1.29 is 14.3 Å². The maximum Gasteiger partial charge on any atom is 0.220 e. The number of morpholine rings is 1. The number of hydrogen-bond acceptors (Lipinski definition) is 4. The summed E-state index contributed by atoms with van der Waals surface area (Å²) in [5.74, 6) is 1.79. The second-order valence-corrected chi connectivity index (χ2v) is 7.58. The third-order valence-corrected chi connectivity index (χ3v) is 5.52. The van der Waals surface area contributed by atoms with Crippen molar-refractivity contribution >= 4 is 5.91 Å². The second-order valence-electron chi connectivity index (χ2n) is 7.58. The number of nitrogens with one attached hydrogen (secondary N) is 1. The van der Waals surface area contributed by atoms with Gasteiger partial charge < -0.3 is 14.8 Å². The first-order chi connectivity index (χ1) is 12.3. The zero-order valence-corrected chi connectivity index (χ0v) is 14.7. The van der Waals surface area contributed by atoms with Crippen LogP contribution in [0.25, 0.3) is 0 Å². The lowest BCUT2D eigenvalue weighted by atomic mass is 10.1. The molecule has 4 rings (SSSR count). The van der Waals surface area contributed by atoms with Crippen molar-refractivity contribution in [3.8, 4) is 5.75 Å². The van der Waals surface area contributed by atoms with Crippen molar-refractivity contribution in [2.75, 3.05) is 26.3 Å². The summed E-state index contributed by atoms with van der Waals surface area (Å²) in [6.45, 7) is 3.43. The van der Waals surface area contributed by atoms with Crippen molar-refractivity contribution in [3.63, 3.8) is 0 Å². The fourth-order valence-electron chi connectivity index (χ4n) is 4.00. The van der Waals surface area contributed by atoms with Crippen molar-refractivity contribution in [1.82, 2.24) is 10.2 Å². The number of hydrogen-bond donors (Lipinski definition) is 1. The van der Waals surface area contributed by atoms with Crippen LogP contribution in [0.15, 0.2) is 30.3 Å². The number of fused-ring (bicyclic) bond motifs is 1. The second kappa shape index (κ2) is 7.75. The highest BCUT2D eigenvalue weighted by Gasteiger charge is 2.42. The van der Waals surface area contributed by atoms with E-state index in [4.69, 9.17) is 9.47 Å². The molecule has 1 aliphatic carbocycles. The van der Waals surface area contributed by atoms with Crippen LogP contribution in [-0.4, -0.2) is 55.3 Å². The molecule has 0 bridgehead atoms. The zero-order chi connectivity index (χ0) is 17.1. The molecule has 25 heavy (non-hydrogen) atoms. The van der Waals surface area contributed by atoms with E-state index in [1.807, 2.05) is 30.3 Å². The van der Waals surface area contributed by atoms with Gasteiger partial charge in [0.1, 0.15) is 5.75 Å². The third-order valence-electron chi connectivity index (χ3n) is 5.52. The van der Waals surface area contributed by atoms with Gasteiger partial charge in [-0.05, 0) is 43.7 Å². The van der Waals surface area contributed by atoms with E-state index in [0.29, 0.717) is 25.2 Å². The van der Waals surface area contributed by atoms with Gasteiger partial charge in [0.05, 0.1) is 19.3 Å². The molecule has 5 nitrogen and oxygen atoms in total. The molecule has 1 aromatic rings. The normalized spacial score (nSPS) is 29.2. The Morgan fingerprint density at radius 3 is 2.88 bits per heavy atom. The Bertz CT molecular complexity index is 576. The molecule has 2 heterocycles. The van der Waals surface area contributed by atoms with E-state index in [9.17, 15) is 4.79 Å². The summed E-state index contributed by atoms with van der Waals surface area (Å²) >= 11 is 0. The quantitative estimate of drug-likeness (QED) is 0.771. The topological polar surface area (TPSA) is 50.8 Å². The van der Waals surface area contributed by atoms with Crippen LogP contribution in [0, 0.1) is 5.92 Å². The van der Waals surface area contributed by atoms with Gasteiger partial charge in [0, 0.05) is 31.6 Å². The number of para-hydroxylation sites is 1. The molecule has 1 saturated carbocycles. The van der Waals surface area contributed by atoms with Crippen LogP contribution in [0.3, 0.4) is 0 Å². The summed E-state index contributed by atoms with van der Waals surface area (Å²) in [6.07, 6.45) is 5.37. The fraction of sp³-hybridized carbons (Fsp3) is 0.650. The number of ether oxygens (including phenoxy) is 2. The Kier molecular flexibility index (Phi) is 5.22. The van der Waals surface area contributed by atoms with Crippen LogP contribution in [0.1, 0.15) is 32.1 Å². The summed E-state index contributed by atoms with van der Waals surface area (Å²) in [5, 5.41) is 3.20. The Hall–Kier alpha value is -1.59. The predicted molar refractivity (Wildman–Crippen MR) is 95.5 cm³/mol. The Morgan fingerprint density at radius 2 is 2.08 bits per heavy atom. The summed E-state index contributed by atoms with van der Waals surface area (Å²) in [4.78, 5) is 14.7. The van der Waals surface area contributed by atoms with E-state index in [0.717, 1.165) is 44.2 Å². The molecule has 0 spiro atoms.